The molecule has 222 valence electrons. The Labute approximate surface area is 228 Å². The van der Waals surface area contributed by atoms with E-state index in [1.54, 1.807) is 0 Å². The third-order valence-electron chi connectivity index (χ3n) is 10.7. The molecule has 13 heteroatoms. The van der Waals surface area contributed by atoms with Gasteiger partial charge < -0.3 is 4.74 Å². The van der Waals surface area contributed by atoms with E-state index in [1.807, 2.05) is 0 Å². The van der Waals surface area contributed by atoms with Gasteiger partial charge in [-0.15, -0.1) is 0 Å². The lowest BCUT2D eigenvalue weighted by Gasteiger charge is -2.56. The molecule has 8 aliphatic rings. The number of carbonyl (C=O) groups excluding carboxylic acids is 1. The first-order valence-electron chi connectivity index (χ1n) is 14.3. The van der Waals surface area contributed by atoms with E-state index in [1.165, 1.54) is 0 Å². The zero-order valence-electron chi connectivity index (χ0n) is 22.0. The third-order valence-corrected chi connectivity index (χ3v) is 13.8. The fraction of sp³-hybridized carbons (Fsp3) is 0.962. The lowest BCUT2D eigenvalue weighted by Crippen LogP contribution is -2.51. The van der Waals surface area contributed by atoms with Crippen LogP contribution in [-0.4, -0.2) is 47.4 Å². The summed E-state index contributed by atoms with van der Waals surface area (Å²) >= 11 is 0. The molecule has 8 bridgehead atoms. The molecule has 0 spiro atoms. The largest absolute Gasteiger partial charge is 0.465 e. The molecule has 1 N–H and O–H groups in total. The molecule has 1 atom stereocenters. The first-order valence-corrected chi connectivity index (χ1v) is 17.2. The molecule has 0 saturated heterocycles. The Morgan fingerprint density at radius 2 is 1.26 bits per heavy atom. The summed E-state index contributed by atoms with van der Waals surface area (Å²) in [5.74, 6) is 2.26. The van der Waals surface area contributed by atoms with E-state index in [0.717, 1.165) is 61.9 Å². The Morgan fingerprint density at radius 3 is 1.72 bits per heavy atom. The smallest absolute Gasteiger partial charge is 0.390 e. The highest BCUT2D eigenvalue weighted by molar-refractivity contribution is 8.03. The topological polar surface area (TPSA) is 116 Å². The van der Waals surface area contributed by atoms with Gasteiger partial charge in [0.25, 0.3) is 10.0 Å². The highest BCUT2D eigenvalue weighted by Crippen LogP contribution is 2.61. The molecule has 0 aliphatic heterocycles. The van der Waals surface area contributed by atoms with Crippen LogP contribution in [-0.2, 0) is 34.0 Å². The van der Waals surface area contributed by atoms with Crippen molar-refractivity contribution >= 4 is 26.3 Å². The number of sulfonamides is 1. The second-order valence-corrected chi connectivity index (χ2v) is 17.2. The predicted molar refractivity (Wildman–Crippen MR) is 134 cm³/mol. The van der Waals surface area contributed by atoms with Crippen LogP contribution in [0.15, 0.2) is 0 Å². The van der Waals surface area contributed by atoms with Gasteiger partial charge >= 0.3 is 21.5 Å². The van der Waals surface area contributed by atoms with Gasteiger partial charge in [0.15, 0.2) is 6.17 Å². The summed E-state index contributed by atoms with van der Waals surface area (Å²) in [6.45, 7) is -1.01. The average molecular weight is 598 g/mol. The van der Waals surface area contributed by atoms with Crippen LogP contribution in [0.25, 0.3) is 0 Å². The maximum absolute atomic E-state index is 14.6. The van der Waals surface area contributed by atoms with E-state index in [2.05, 4.69) is 0 Å². The first-order chi connectivity index (χ1) is 18.2. The fourth-order valence-corrected chi connectivity index (χ4v) is 12.6. The summed E-state index contributed by atoms with van der Waals surface area (Å²) in [5.41, 5.74) is -1.06. The monoisotopic (exact) mass is 597 g/mol. The number of alkyl halides is 3. The van der Waals surface area contributed by atoms with Gasteiger partial charge in [-0.1, -0.05) is 4.13 Å². The van der Waals surface area contributed by atoms with Crippen LogP contribution in [0, 0.1) is 46.3 Å². The fourth-order valence-electron chi connectivity index (χ4n) is 9.99. The van der Waals surface area contributed by atoms with Crippen LogP contribution >= 0.6 is 0 Å². The Bertz CT molecular complexity index is 1140. The maximum atomic E-state index is 14.6. The summed E-state index contributed by atoms with van der Waals surface area (Å²) in [6, 6.07) is 0. The van der Waals surface area contributed by atoms with Crippen molar-refractivity contribution in [2.75, 3.05) is 13.2 Å². The number of carbonyl (C=O) groups is 1. The zero-order valence-corrected chi connectivity index (χ0v) is 23.6. The van der Waals surface area contributed by atoms with Gasteiger partial charge in [0, 0.05) is 6.42 Å². The minimum absolute atomic E-state index is 0.285. The molecule has 8 fully saturated rings. The SMILES string of the molecule is O=C(OCCC(F)C(F)(F)S(=O)(=O)NS(=O)(=O)OCC12CC3CC(CC(C3)C1)C2)C12CC3CC(CC(C3)C1)C2. The minimum atomic E-state index is -5.99. The van der Waals surface area contributed by atoms with Crippen molar-refractivity contribution in [1.82, 2.24) is 4.13 Å². The Morgan fingerprint density at radius 1 is 0.821 bits per heavy atom. The highest BCUT2D eigenvalue weighted by atomic mass is 32.3. The predicted octanol–water partition coefficient (Wildman–Crippen LogP) is 4.46. The van der Waals surface area contributed by atoms with Crippen molar-refractivity contribution in [3.63, 3.8) is 0 Å². The third kappa shape index (κ3) is 5.27. The van der Waals surface area contributed by atoms with Crippen LogP contribution in [0.2, 0.25) is 0 Å². The standard InChI is InChI=1S/C26H38F3NO7S2/c27-22(1-2-36-23(31)25-12-19-6-20(13-25)8-21(7-19)14-25)26(28,29)38(32,33)30-39(34,35)37-15-24-9-16-3-17(10-24)5-18(4-16)11-24/h16-22,30H,1-15H2. The van der Waals surface area contributed by atoms with E-state index in [0.29, 0.717) is 54.8 Å². The number of hydrogen-bond acceptors (Lipinski definition) is 7. The number of nitrogens with one attached hydrogen (secondary N) is 1. The van der Waals surface area contributed by atoms with Crippen molar-refractivity contribution in [3.8, 4) is 0 Å². The van der Waals surface area contributed by atoms with Crippen molar-refractivity contribution in [3.05, 3.63) is 0 Å². The quantitative estimate of drug-likeness (QED) is 0.350. The second kappa shape index (κ2) is 9.55. The molecule has 8 nitrogen and oxygen atoms in total. The summed E-state index contributed by atoms with van der Waals surface area (Å²) in [4.78, 5) is 12.9. The summed E-state index contributed by atoms with van der Waals surface area (Å²) in [7, 11) is -11.1. The van der Waals surface area contributed by atoms with Gasteiger partial charge in [-0.25, -0.2) is 12.8 Å². The Hall–Kier alpha value is -0.920. The van der Waals surface area contributed by atoms with Gasteiger partial charge in [-0.2, -0.15) is 17.2 Å². The molecule has 0 radical (unpaired) electrons. The van der Waals surface area contributed by atoms with Crippen LogP contribution in [0.1, 0.15) is 83.5 Å². The lowest BCUT2D eigenvalue weighted by molar-refractivity contribution is -0.172. The number of ether oxygens (including phenoxy) is 1. The lowest BCUT2D eigenvalue weighted by atomic mass is 9.49. The van der Waals surface area contributed by atoms with E-state index in [9.17, 15) is 34.8 Å². The van der Waals surface area contributed by atoms with Crippen molar-refractivity contribution in [2.45, 2.75) is 94.9 Å². The van der Waals surface area contributed by atoms with Crippen molar-refractivity contribution in [2.24, 2.45) is 46.3 Å². The maximum Gasteiger partial charge on any atom is 0.390 e. The molecule has 39 heavy (non-hydrogen) atoms. The molecular weight excluding hydrogens is 559 g/mol. The molecular formula is C26H38F3NO7S2. The summed E-state index contributed by atoms with van der Waals surface area (Å²) < 4.78 is 104. The Kier molecular flexibility index (Phi) is 6.91. The molecule has 0 amide bonds. The molecule has 0 aromatic heterocycles. The van der Waals surface area contributed by atoms with Crippen molar-refractivity contribution < 1.29 is 43.7 Å². The van der Waals surface area contributed by atoms with E-state index in [-0.39, 0.29) is 6.61 Å². The van der Waals surface area contributed by atoms with Gasteiger partial charge in [-0.05, 0) is 118 Å². The summed E-state index contributed by atoms with van der Waals surface area (Å²) in [6.07, 6.45) is 6.57. The first kappa shape index (κ1) is 28.2. The summed E-state index contributed by atoms with van der Waals surface area (Å²) in [5, 5.41) is -5.07. The van der Waals surface area contributed by atoms with Gasteiger partial charge in [0.2, 0.25) is 0 Å². The van der Waals surface area contributed by atoms with Crippen LogP contribution in [0.3, 0.4) is 0 Å². The van der Waals surface area contributed by atoms with Gasteiger partial charge in [0.1, 0.15) is 0 Å². The molecule has 1 unspecified atom stereocenters. The number of rotatable bonds is 11. The van der Waals surface area contributed by atoms with Gasteiger partial charge in [-0.3, -0.25) is 8.98 Å². The van der Waals surface area contributed by atoms with Crippen molar-refractivity contribution in [1.29, 1.82) is 0 Å². The Balaban J connectivity index is 1.01. The molecule has 8 rings (SSSR count). The normalized spacial score (nSPS) is 41.6. The zero-order chi connectivity index (χ0) is 27.8. The number of esters is 1. The molecule has 0 aromatic rings. The second-order valence-electron chi connectivity index (χ2n) is 13.9. The molecule has 8 aliphatic carbocycles. The number of halogens is 3. The number of hydrogen-bond donors (Lipinski definition) is 1. The van der Waals surface area contributed by atoms with Crippen LogP contribution in [0.5, 0.6) is 0 Å². The molecule has 0 aromatic carbocycles. The van der Waals surface area contributed by atoms with E-state index >= 15 is 0 Å². The van der Waals surface area contributed by atoms with E-state index in [4.69, 9.17) is 8.92 Å². The van der Waals surface area contributed by atoms with Gasteiger partial charge in [0.05, 0.1) is 18.6 Å². The molecule has 0 heterocycles. The minimum Gasteiger partial charge on any atom is -0.465 e. The van der Waals surface area contributed by atoms with Crippen LogP contribution in [0.4, 0.5) is 13.2 Å². The molecule has 8 saturated carbocycles. The average Bonchev–Trinajstić information content (AvgIpc) is 2.80. The highest BCUT2D eigenvalue weighted by Gasteiger charge is 2.57. The van der Waals surface area contributed by atoms with E-state index < -0.39 is 61.6 Å². The van der Waals surface area contributed by atoms with Crippen LogP contribution < -0.4 is 4.13 Å².